The number of amides is 3. The van der Waals surface area contributed by atoms with Gasteiger partial charge in [-0.15, -0.1) is 0 Å². The number of carbonyl (C=O) groups excluding carboxylic acids is 2. The molecule has 3 amide bonds. The van der Waals surface area contributed by atoms with E-state index in [4.69, 9.17) is 4.74 Å². The Bertz CT molecular complexity index is 1400. The van der Waals surface area contributed by atoms with Gasteiger partial charge in [-0.3, -0.25) is 4.79 Å². The molecule has 3 aromatic rings. The van der Waals surface area contributed by atoms with Crippen LogP contribution in [0, 0.1) is 0 Å². The summed E-state index contributed by atoms with van der Waals surface area (Å²) in [6, 6.07) is 15.9. The molecule has 1 fully saturated rings. The van der Waals surface area contributed by atoms with Gasteiger partial charge in [0.25, 0.3) is 5.91 Å². The number of benzene rings is 2. The highest BCUT2D eigenvalue weighted by Crippen LogP contribution is 2.39. The van der Waals surface area contributed by atoms with E-state index < -0.39 is 0 Å². The number of hydrogen-bond donors (Lipinski definition) is 1. The van der Waals surface area contributed by atoms with Crippen molar-refractivity contribution >= 4 is 29.1 Å². The Morgan fingerprint density at radius 1 is 1.07 bits per heavy atom. The summed E-state index contributed by atoms with van der Waals surface area (Å²) < 4.78 is 5.36. The number of urea groups is 1. The number of ether oxygens (including phenoxy) is 1. The number of aromatic nitrogens is 2. The molecule has 3 aliphatic rings. The van der Waals surface area contributed by atoms with Crippen LogP contribution in [0.3, 0.4) is 0 Å². The predicted molar refractivity (Wildman–Crippen MR) is 155 cm³/mol. The maximum Gasteiger partial charge on any atom is 0.322 e. The first-order valence-corrected chi connectivity index (χ1v) is 14.3. The Kier molecular flexibility index (Phi) is 7.28. The average molecular weight is 541 g/mol. The lowest BCUT2D eigenvalue weighted by Gasteiger charge is -2.38. The Morgan fingerprint density at radius 2 is 1.90 bits per heavy atom. The van der Waals surface area contributed by atoms with Crippen molar-refractivity contribution < 1.29 is 14.3 Å². The topological polar surface area (TPSA) is 90.9 Å². The van der Waals surface area contributed by atoms with Gasteiger partial charge in [-0.05, 0) is 61.1 Å². The first-order valence-electron chi connectivity index (χ1n) is 14.3. The number of nitrogens with zero attached hydrogens (tertiary/aromatic N) is 5. The fourth-order valence-electron chi connectivity index (χ4n) is 6.37. The summed E-state index contributed by atoms with van der Waals surface area (Å²) in [6.07, 6.45) is 6.07. The fourth-order valence-corrected chi connectivity index (χ4v) is 6.37. The van der Waals surface area contributed by atoms with E-state index in [-0.39, 0.29) is 18.0 Å². The second-order valence-corrected chi connectivity index (χ2v) is 10.8. The second kappa shape index (κ2) is 11.2. The minimum atomic E-state index is -0.0815. The molecule has 1 atom stereocenters. The van der Waals surface area contributed by atoms with E-state index in [0.29, 0.717) is 24.7 Å². The minimum absolute atomic E-state index is 0.0513. The standard InChI is InChI=1S/C31H36N6O3/c1-3-6-22-19-37(28-8-5-4-7-25(22)28)30(38)27-18-29(33-20-32-27)35-14-12-23(13-15-35)36-16-11-21-17-24(40-2)9-10-26(21)34-31(36)39/h4-5,7-10,17-18,20,22-23H,3,6,11-16,19H2,1-2H3,(H,34,39). The Balaban J connectivity index is 1.11. The SMILES string of the molecule is CCCC1CN(C(=O)c2cc(N3CCC(N4CCc5cc(OC)ccc5NC4=O)CC3)ncn2)c2ccccc21. The van der Waals surface area contributed by atoms with Crippen LogP contribution in [0.25, 0.3) is 0 Å². The lowest BCUT2D eigenvalue weighted by molar-refractivity contribution is 0.0983. The molecule has 2 aromatic carbocycles. The van der Waals surface area contributed by atoms with Crippen LogP contribution < -0.4 is 19.9 Å². The van der Waals surface area contributed by atoms with E-state index in [1.807, 2.05) is 52.3 Å². The molecule has 1 aromatic heterocycles. The quantitative estimate of drug-likeness (QED) is 0.469. The molecular formula is C31H36N6O3. The summed E-state index contributed by atoms with van der Waals surface area (Å²) in [6.45, 7) is 5.04. The van der Waals surface area contributed by atoms with E-state index >= 15 is 0 Å². The summed E-state index contributed by atoms with van der Waals surface area (Å²) >= 11 is 0. The second-order valence-electron chi connectivity index (χ2n) is 10.8. The third-order valence-electron chi connectivity index (χ3n) is 8.49. The summed E-state index contributed by atoms with van der Waals surface area (Å²) in [5.74, 6) is 1.83. The van der Waals surface area contributed by atoms with E-state index in [0.717, 1.165) is 73.7 Å². The van der Waals surface area contributed by atoms with Gasteiger partial charge in [-0.25, -0.2) is 14.8 Å². The van der Waals surface area contributed by atoms with Crippen LogP contribution in [0.4, 0.5) is 22.0 Å². The molecule has 6 rings (SSSR count). The normalized spacial score (nSPS) is 19.1. The molecule has 4 heterocycles. The molecule has 0 radical (unpaired) electrons. The number of rotatable bonds is 6. The molecule has 40 heavy (non-hydrogen) atoms. The van der Waals surface area contributed by atoms with Crippen LogP contribution in [0.1, 0.15) is 60.1 Å². The number of fused-ring (bicyclic) bond motifs is 2. The number of carbonyl (C=O) groups is 2. The molecule has 0 aliphatic carbocycles. The van der Waals surface area contributed by atoms with Crippen LogP contribution in [0.5, 0.6) is 5.75 Å². The highest BCUT2D eigenvalue weighted by molar-refractivity contribution is 6.06. The van der Waals surface area contributed by atoms with Gasteiger partial charge in [0.05, 0.1) is 7.11 Å². The lowest BCUT2D eigenvalue weighted by Crippen LogP contribution is -2.49. The van der Waals surface area contributed by atoms with Gasteiger partial charge in [-0.1, -0.05) is 31.5 Å². The molecular weight excluding hydrogens is 504 g/mol. The van der Waals surface area contributed by atoms with Crippen molar-refractivity contribution in [2.75, 3.05) is 48.4 Å². The Morgan fingerprint density at radius 3 is 2.70 bits per heavy atom. The van der Waals surface area contributed by atoms with Crippen molar-refractivity contribution in [3.05, 3.63) is 71.7 Å². The zero-order valence-electron chi connectivity index (χ0n) is 23.2. The van der Waals surface area contributed by atoms with Crippen molar-refractivity contribution in [3.63, 3.8) is 0 Å². The predicted octanol–water partition coefficient (Wildman–Crippen LogP) is 5.09. The number of para-hydroxylation sites is 1. The van der Waals surface area contributed by atoms with Gasteiger partial charge in [0, 0.05) is 55.6 Å². The lowest BCUT2D eigenvalue weighted by atomic mass is 9.97. The molecule has 1 unspecified atom stereocenters. The van der Waals surface area contributed by atoms with Crippen molar-refractivity contribution in [1.29, 1.82) is 0 Å². The Labute approximate surface area is 235 Å². The molecule has 9 heteroatoms. The van der Waals surface area contributed by atoms with Gasteiger partial charge >= 0.3 is 6.03 Å². The fraction of sp³-hybridized carbons (Fsp3) is 0.419. The molecule has 9 nitrogen and oxygen atoms in total. The molecule has 0 saturated carbocycles. The van der Waals surface area contributed by atoms with Gasteiger partial charge < -0.3 is 24.8 Å². The van der Waals surface area contributed by atoms with E-state index in [1.165, 1.54) is 11.9 Å². The number of piperidine rings is 1. The molecule has 0 bridgehead atoms. The van der Waals surface area contributed by atoms with Crippen molar-refractivity contribution in [2.45, 2.75) is 51.0 Å². The maximum atomic E-state index is 13.6. The van der Waals surface area contributed by atoms with Crippen molar-refractivity contribution in [3.8, 4) is 5.75 Å². The van der Waals surface area contributed by atoms with Gasteiger partial charge in [-0.2, -0.15) is 0 Å². The van der Waals surface area contributed by atoms with Crippen molar-refractivity contribution in [2.24, 2.45) is 0 Å². The third kappa shape index (κ3) is 4.96. The van der Waals surface area contributed by atoms with Gasteiger partial charge in [0.1, 0.15) is 23.6 Å². The van der Waals surface area contributed by atoms with Crippen LogP contribution in [-0.2, 0) is 6.42 Å². The van der Waals surface area contributed by atoms with Gasteiger partial charge in [0.15, 0.2) is 0 Å². The third-order valence-corrected chi connectivity index (χ3v) is 8.49. The van der Waals surface area contributed by atoms with Gasteiger partial charge in [0.2, 0.25) is 0 Å². The van der Waals surface area contributed by atoms with Crippen LogP contribution in [0.2, 0.25) is 0 Å². The first kappa shape index (κ1) is 26.1. The van der Waals surface area contributed by atoms with Crippen LogP contribution in [0.15, 0.2) is 54.9 Å². The highest BCUT2D eigenvalue weighted by atomic mass is 16.5. The zero-order chi connectivity index (χ0) is 27.6. The number of nitrogens with one attached hydrogen (secondary N) is 1. The Hall–Kier alpha value is -4.14. The maximum absolute atomic E-state index is 13.6. The highest BCUT2D eigenvalue weighted by Gasteiger charge is 2.34. The summed E-state index contributed by atoms with van der Waals surface area (Å²) in [5, 5.41) is 3.08. The smallest absolute Gasteiger partial charge is 0.322 e. The molecule has 208 valence electrons. The molecule has 0 spiro atoms. The summed E-state index contributed by atoms with van der Waals surface area (Å²) in [7, 11) is 1.65. The number of anilines is 3. The monoisotopic (exact) mass is 540 g/mol. The number of hydrogen-bond acceptors (Lipinski definition) is 6. The van der Waals surface area contributed by atoms with Crippen LogP contribution >= 0.6 is 0 Å². The average Bonchev–Trinajstić information content (AvgIpc) is 3.27. The van der Waals surface area contributed by atoms with E-state index in [9.17, 15) is 9.59 Å². The van der Waals surface area contributed by atoms with Crippen LogP contribution in [-0.4, -0.2) is 66.1 Å². The first-order chi connectivity index (χ1) is 19.6. The van der Waals surface area contributed by atoms with E-state index in [1.54, 1.807) is 7.11 Å². The zero-order valence-corrected chi connectivity index (χ0v) is 23.2. The molecule has 1 saturated heterocycles. The summed E-state index contributed by atoms with van der Waals surface area (Å²) in [5.41, 5.74) is 4.59. The molecule has 1 N–H and O–H groups in total. The largest absolute Gasteiger partial charge is 0.497 e. The summed E-state index contributed by atoms with van der Waals surface area (Å²) in [4.78, 5) is 41.6. The van der Waals surface area contributed by atoms with E-state index in [2.05, 4.69) is 33.2 Å². The molecule has 3 aliphatic heterocycles. The minimum Gasteiger partial charge on any atom is -0.497 e. The van der Waals surface area contributed by atoms with Crippen molar-refractivity contribution in [1.82, 2.24) is 14.9 Å². The number of methoxy groups -OCH3 is 1.